The molecule has 2 aromatic heterocycles. The van der Waals surface area contributed by atoms with Gasteiger partial charge in [0.05, 0.1) is 5.56 Å². The monoisotopic (exact) mass is 506 g/mol. The molecule has 1 N–H and O–H groups in total. The molecular weight excluding hydrogens is 480 g/mol. The largest absolute Gasteiger partial charge is 0.472 e. The van der Waals surface area contributed by atoms with E-state index in [0.29, 0.717) is 50.0 Å². The van der Waals surface area contributed by atoms with Crippen LogP contribution in [0, 0.1) is 16.6 Å². The van der Waals surface area contributed by atoms with Crippen molar-refractivity contribution in [3.05, 3.63) is 35.3 Å². The van der Waals surface area contributed by atoms with Crippen LogP contribution in [0.4, 0.5) is 22.4 Å². The fourth-order valence-electron chi connectivity index (χ4n) is 6.50. The summed E-state index contributed by atoms with van der Waals surface area (Å²) in [5.74, 6) is 1.37. The standard InChI is InChI=1S/C24H26F4N6O2/c25-17-3-15(24(26,27)28)8-29-20(17)36-16-6-23(7-16)11-34(12-23)21(35)33-9-22(10-33)4-14(5-22)19-30-18(31-32-19)13-1-2-13/h3,8,13-14,16H,1-2,4-7,9-12H2,(H,30,31,32). The van der Waals surface area contributed by atoms with E-state index >= 15 is 0 Å². The van der Waals surface area contributed by atoms with Crippen molar-refractivity contribution in [3.63, 3.8) is 0 Å². The smallest absolute Gasteiger partial charge is 0.417 e. The molecule has 5 fully saturated rings. The zero-order chi connectivity index (χ0) is 24.9. The molecule has 2 spiro atoms. The van der Waals surface area contributed by atoms with Crippen molar-refractivity contribution < 1.29 is 27.1 Å². The molecule has 4 heterocycles. The van der Waals surface area contributed by atoms with E-state index in [9.17, 15) is 22.4 Å². The average molecular weight is 507 g/mol. The molecule has 0 radical (unpaired) electrons. The number of alkyl halides is 3. The number of ether oxygens (including phenoxy) is 1. The molecule has 2 amide bonds. The second-order valence-corrected chi connectivity index (χ2v) is 11.6. The number of pyridine rings is 1. The van der Waals surface area contributed by atoms with Gasteiger partial charge >= 0.3 is 12.2 Å². The van der Waals surface area contributed by atoms with Crippen LogP contribution >= 0.6 is 0 Å². The maximum atomic E-state index is 14.0. The van der Waals surface area contributed by atoms with E-state index in [2.05, 4.69) is 20.2 Å². The number of nitrogens with one attached hydrogen (secondary N) is 1. The molecule has 0 unspecified atom stereocenters. The fraction of sp³-hybridized carbons (Fsp3) is 0.667. The number of urea groups is 1. The van der Waals surface area contributed by atoms with Crippen LogP contribution in [0.5, 0.6) is 5.88 Å². The van der Waals surface area contributed by atoms with Gasteiger partial charge < -0.3 is 14.5 Å². The molecule has 3 aliphatic carbocycles. The number of hydrogen-bond donors (Lipinski definition) is 1. The van der Waals surface area contributed by atoms with Gasteiger partial charge in [0.25, 0.3) is 5.88 Å². The lowest BCUT2D eigenvalue weighted by Gasteiger charge is -2.62. The summed E-state index contributed by atoms with van der Waals surface area (Å²) in [6.07, 6.45) is 1.32. The normalized spacial score (nSPS) is 24.8. The van der Waals surface area contributed by atoms with Gasteiger partial charge in [0, 0.05) is 55.0 Å². The zero-order valence-electron chi connectivity index (χ0n) is 19.5. The Morgan fingerprint density at radius 2 is 1.67 bits per heavy atom. The van der Waals surface area contributed by atoms with Crippen molar-refractivity contribution >= 4 is 6.03 Å². The van der Waals surface area contributed by atoms with E-state index in [-0.39, 0.29) is 23.0 Å². The third kappa shape index (κ3) is 3.62. The number of nitrogens with zero attached hydrogens (tertiary/aromatic N) is 5. The molecule has 5 aliphatic rings. The zero-order valence-corrected chi connectivity index (χ0v) is 19.5. The van der Waals surface area contributed by atoms with Gasteiger partial charge in [-0.05, 0) is 44.6 Å². The Morgan fingerprint density at radius 3 is 2.25 bits per heavy atom. The molecule has 8 nitrogen and oxygen atoms in total. The molecule has 2 aromatic rings. The maximum absolute atomic E-state index is 14.0. The highest BCUT2D eigenvalue weighted by molar-refractivity contribution is 5.77. The van der Waals surface area contributed by atoms with E-state index in [1.807, 2.05) is 9.80 Å². The van der Waals surface area contributed by atoms with Crippen molar-refractivity contribution in [1.29, 1.82) is 0 Å². The van der Waals surface area contributed by atoms with E-state index in [1.165, 1.54) is 12.8 Å². The first kappa shape index (κ1) is 22.3. The second kappa shape index (κ2) is 7.32. The lowest BCUT2D eigenvalue weighted by molar-refractivity contribution is -0.138. The summed E-state index contributed by atoms with van der Waals surface area (Å²) in [7, 11) is 0. The van der Waals surface area contributed by atoms with Crippen LogP contribution in [-0.4, -0.2) is 68.3 Å². The summed E-state index contributed by atoms with van der Waals surface area (Å²) >= 11 is 0. The van der Waals surface area contributed by atoms with Crippen molar-refractivity contribution in [1.82, 2.24) is 30.0 Å². The SMILES string of the molecule is O=C(N1CC2(CC(Oc3ncc(C(F)(F)F)cc3F)C2)C1)N1CC2(CC(c3nc(C4CC4)n[nH]3)C2)C1. The summed E-state index contributed by atoms with van der Waals surface area (Å²) in [6, 6.07) is 0.465. The number of hydrogen-bond acceptors (Lipinski definition) is 5. The summed E-state index contributed by atoms with van der Waals surface area (Å²) < 4.78 is 57.5. The Balaban J connectivity index is 0.850. The first-order valence-electron chi connectivity index (χ1n) is 12.5. The van der Waals surface area contributed by atoms with E-state index < -0.39 is 23.4 Å². The number of carbonyl (C=O) groups is 1. The highest BCUT2D eigenvalue weighted by atomic mass is 19.4. The molecule has 3 saturated carbocycles. The summed E-state index contributed by atoms with van der Waals surface area (Å²) in [6.45, 7) is 2.81. The van der Waals surface area contributed by atoms with Crippen LogP contribution in [0.2, 0.25) is 0 Å². The lowest BCUT2D eigenvalue weighted by atomic mass is 9.57. The average Bonchev–Trinajstić information content (AvgIpc) is 3.44. The van der Waals surface area contributed by atoms with Crippen LogP contribution < -0.4 is 4.74 Å². The van der Waals surface area contributed by atoms with Crippen molar-refractivity contribution in [2.24, 2.45) is 10.8 Å². The summed E-state index contributed by atoms with van der Waals surface area (Å²) in [5, 5.41) is 7.46. The number of likely N-dealkylation sites (tertiary alicyclic amines) is 2. The highest BCUT2D eigenvalue weighted by Gasteiger charge is 2.59. The van der Waals surface area contributed by atoms with Gasteiger partial charge in [0.1, 0.15) is 11.9 Å². The van der Waals surface area contributed by atoms with Crippen molar-refractivity contribution in [2.45, 2.75) is 62.6 Å². The Labute approximate surface area is 204 Å². The Kier molecular flexibility index (Phi) is 4.53. The minimum atomic E-state index is -4.65. The Bertz CT molecular complexity index is 1200. The number of rotatable bonds is 4. The second-order valence-electron chi connectivity index (χ2n) is 11.6. The third-order valence-corrected chi connectivity index (χ3v) is 8.59. The molecule has 2 saturated heterocycles. The Morgan fingerprint density at radius 1 is 1.03 bits per heavy atom. The number of amides is 2. The molecule has 7 rings (SSSR count). The van der Waals surface area contributed by atoms with E-state index in [0.717, 1.165) is 37.6 Å². The van der Waals surface area contributed by atoms with E-state index in [4.69, 9.17) is 4.74 Å². The van der Waals surface area contributed by atoms with Crippen molar-refractivity contribution in [3.8, 4) is 5.88 Å². The molecule has 0 atom stereocenters. The van der Waals surface area contributed by atoms with Gasteiger partial charge in [-0.2, -0.15) is 18.3 Å². The highest BCUT2D eigenvalue weighted by Crippen LogP contribution is 2.57. The topological polar surface area (TPSA) is 87.2 Å². The van der Waals surface area contributed by atoms with Gasteiger partial charge in [0.15, 0.2) is 11.6 Å². The number of aromatic amines is 1. The number of aromatic nitrogens is 4. The van der Waals surface area contributed by atoms with Gasteiger partial charge in [0.2, 0.25) is 0 Å². The minimum absolute atomic E-state index is 0.0433. The van der Waals surface area contributed by atoms with Crippen LogP contribution in [0.1, 0.15) is 67.6 Å². The molecule has 192 valence electrons. The number of halogens is 4. The number of H-pyrrole nitrogens is 1. The summed E-state index contributed by atoms with van der Waals surface area (Å²) in [5.41, 5.74) is -0.974. The molecule has 2 aliphatic heterocycles. The first-order valence-corrected chi connectivity index (χ1v) is 12.5. The first-order chi connectivity index (χ1) is 17.1. The molecule has 12 heteroatoms. The van der Waals surface area contributed by atoms with Crippen molar-refractivity contribution in [2.75, 3.05) is 26.2 Å². The predicted octanol–water partition coefficient (Wildman–Crippen LogP) is 4.08. The van der Waals surface area contributed by atoms with Crippen LogP contribution in [0.3, 0.4) is 0 Å². The predicted molar refractivity (Wildman–Crippen MR) is 117 cm³/mol. The van der Waals surface area contributed by atoms with Crippen LogP contribution in [0.15, 0.2) is 12.3 Å². The minimum Gasteiger partial charge on any atom is -0.472 e. The fourth-order valence-corrected chi connectivity index (χ4v) is 6.50. The van der Waals surface area contributed by atoms with Gasteiger partial charge in [-0.15, -0.1) is 0 Å². The third-order valence-electron chi connectivity index (χ3n) is 8.59. The number of carbonyl (C=O) groups excluding carboxylic acids is 1. The summed E-state index contributed by atoms with van der Waals surface area (Å²) in [4.78, 5) is 24.8. The van der Waals surface area contributed by atoms with Gasteiger partial charge in [-0.3, -0.25) is 5.10 Å². The molecule has 0 bridgehead atoms. The molecule has 36 heavy (non-hydrogen) atoms. The quantitative estimate of drug-likeness (QED) is 0.632. The van der Waals surface area contributed by atoms with Crippen LogP contribution in [-0.2, 0) is 6.18 Å². The lowest BCUT2D eigenvalue weighted by Crippen LogP contribution is -2.71. The van der Waals surface area contributed by atoms with E-state index in [1.54, 1.807) is 0 Å². The van der Waals surface area contributed by atoms with Gasteiger partial charge in [-0.1, -0.05) is 0 Å². The Hall–Kier alpha value is -2.92. The maximum Gasteiger partial charge on any atom is 0.417 e. The van der Waals surface area contributed by atoms with Crippen LogP contribution in [0.25, 0.3) is 0 Å². The van der Waals surface area contributed by atoms with Gasteiger partial charge in [-0.25, -0.2) is 19.2 Å². The molecular formula is C24H26F4N6O2. The molecule has 0 aromatic carbocycles.